The summed E-state index contributed by atoms with van der Waals surface area (Å²) in [6.45, 7) is 0. The molecule has 0 N–H and O–H groups in total. The lowest BCUT2D eigenvalue weighted by Crippen LogP contribution is -2.41. The largest absolute Gasteiger partial charge is 0.197 e. The molecule has 3 rings (SSSR count). The number of hydrogen-bond acceptors (Lipinski definition) is 1. The van der Waals surface area contributed by atoms with Gasteiger partial charge in [0.1, 0.15) is 0 Å². The van der Waals surface area contributed by atoms with Gasteiger partial charge in [0.05, 0.1) is 21.5 Å². The van der Waals surface area contributed by atoms with Crippen LogP contribution in [0.1, 0.15) is 31.2 Å². The van der Waals surface area contributed by atoms with Gasteiger partial charge in [0.2, 0.25) is 0 Å². The molecular formula is C13H11Cl2N. The molecule has 0 saturated heterocycles. The fraction of sp³-hybridized carbons (Fsp3) is 0.462. The first kappa shape index (κ1) is 10.4. The highest BCUT2D eigenvalue weighted by atomic mass is 35.5. The number of halogens is 2. The molecule has 0 amide bonds. The van der Waals surface area contributed by atoms with Crippen molar-refractivity contribution in [2.24, 2.45) is 5.41 Å². The van der Waals surface area contributed by atoms with E-state index in [0.29, 0.717) is 15.5 Å². The molecule has 2 fully saturated rings. The Morgan fingerprint density at radius 2 is 1.81 bits per heavy atom. The molecule has 1 spiro atoms. The van der Waals surface area contributed by atoms with E-state index in [9.17, 15) is 5.26 Å². The van der Waals surface area contributed by atoms with Crippen LogP contribution < -0.4 is 0 Å². The van der Waals surface area contributed by atoms with Gasteiger partial charge in [0.15, 0.2) is 0 Å². The van der Waals surface area contributed by atoms with Crippen LogP contribution in [0.15, 0.2) is 18.2 Å². The van der Waals surface area contributed by atoms with Crippen LogP contribution in [0.25, 0.3) is 0 Å². The van der Waals surface area contributed by atoms with Gasteiger partial charge >= 0.3 is 0 Å². The maximum absolute atomic E-state index is 9.38. The van der Waals surface area contributed by atoms with E-state index in [1.807, 2.05) is 12.1 Å². The van der Waals surface area contributed by atoms with E-state index in [0.717, 1.165) is 18.4 Å². The summed E-state index contributed by atoms with van der Waals surface area (Å²) in [6, 6.07) is 8.05. The van der Waals surface area contributed by atoms with Crippen molar-refractivity contribution in [1.82, 2.24) is 0 Å². The van der Waals surface area contributed by atoms with Crippen LogP contribution in [-0.2, 0) is 5.41 Å². The van der Waals surface area contributed by atoms with Crippen molar-refractivity contribution in [1.29, 1.82) is 5.26 Å². The molecule has 0 aromatic heterocycles. The number of nitrogens with zero attached hydrogens (tertiary/aromatic N) is 1. The predicted octanol–water partition coefficient (Wildman–Crippen LogP) is 4.33. The zero-order chi connectivity index (χ0) is 11.4. The van der Waals surface area contributed by atoms with E-state index in [-0.39, 0.29) is 5.41 Å². The number of nitriles is 1. The summed E-state index contributed by atoms with van der Waals surface area (Å²) >= 11 is 11.9. The van der Waals surface area contributed by atoms with Crippen LogP contribution in [0, 0.1) is 16.7 Å². The van der Waals surface area contributed by atoms with Gasteiger partial charge in [-0.15, -0.1) is 0 Å². The third-order valence-corrected chi connectivity index (χ3v) is 4.74. The van der Waals surface area contributed by atoms with Crippen LogP contribution in [0.4, 0.5) is 0 Å². The second-order valence-electron chi connectivity index (χ2n) is 5.18. The average Bonchev–Trinajstić information content (AvgIpc) is 2.99. The fourth-order valence-corrected chi connectivity index (χ4v) is 3.20. The second kappa shape index (κ2) is 3.15. The summed E-state index contributed by atoms with van der Waals surface area (Å²) in [5, 5.41) is 10.5. The predicted molar refractivity (Wildman–Crippen MR) is 64.7 cm³/mol. The monoisotopic (exact) mass is 251 g/mol. The minimum absolute atomic E-state index is 0.301. The normalized spacial score (nSPS) is 23.6. The molecule has 0 bridgehead atoms. The fourth-order valence-electron chi connectivity index (χ4n) is 2.90. The Morgan fingerprint density at radius 1 is 1.12 bits per heavy atom. The van der Waals surface area contributed by atoms with E-state index in [2.05, 4.69) is 6.07 Å². The Bertz CT molecular complexity index is 489. The van der Waals surface area contributed by atoms with Crippen molar-refractivity contribution < 1.29 is 0 Å². The van der Waals surface area contributed by atoms with E-state index in [1.165, 1.54) is 12.8 Å². The maximum Gasteiger partial charge on any atom is 0.0833 e. The zero-order valence-electron chi connectivity index (χ0n) is 8.76. The van der Waals surface area contributed by atoms with E-state index in [4.69, 9.17) is 23.2 Å². The van der Waals surface area contributed by atoms with Crippen molar-refractivity contribution in [3.05, 3.63) is 33.8 Å². The van der Waals surface area contributed by atoms with Gasteiger partial charge in [0, 0.05) is 0 Å². The molecule has 2 saturated carbocycles. The van der Waals surface area contributed by atoms with Gasteiger partial charge in [-0.1, -0.05) is 29.3 Å². The van der Waals surface area contributed by atoms with Gasteiger partial charge in [-0.05, 0) is 48.8 Å². The Kier molecular flexibility index (Phi) is 2.06. The van der Waals surface area contributed by atoms with E-state index >= 15 is 0 Å². The molecule has 1 nitrogen and oxygen atoms in total. The van der Waals surface area contributed by atoms with Crippen LogP contribution >= 0.6 is 23.2 Å². The highest BCUT2D eigenvalue weighted by Crippen LogP contribution is 2.68. The second-order valence-corrected chi connectivity index (χ2v) is 5.99. The zero-order valence-corrected chi connectivity index (χ0v) is 10.3. The number of hydrogen-bond donors (Lipinski definition) is 0. The molecule has 2 aliphatic rings. The summed E-state index contributed by atoms with van der Waals surface area (Å²) in [6.07, 6.45) is 4.57. The van der Waals surface area contributed by atoms with Crippen LogP contribution in [-0.4, -0.2) is 0 Å². The summed E-state index contributed by atoms with van der Waals surface area (Å²) in [4.78, 5) is 0. The van der Waals surface area contributed by atoms with Gasteiger partial charge in [-0.2, -0.15) is 5.26 Å². The smallest absolute Gasteiger partial charge is 0.0833 e. The molecule has 0 radical (unpaired) electrons. The Balaban J connectivity index is 1.96. The summed E-state index contributed by atoms with van der Waals surface area (Å²) in [7, 11) is 0. The molecule has 1 aromatic rings. The molecular weight excluding hydrogens is 241 g/mol. The average molecular weight is 252 g/mol. The molecule has 0 unspecified atom stereocenters. The number of rotatable bonds is 1. The molecule has 3 heteroatoms. The third kappa shape index (κ3) is 1.37. The first-order valence-electron chi connectivity index (χ1n) is 5.46. The van der Waals surface area contributed by atoms with Crippen LogP contribution in [0.2, 0.25) is 10.0 Å². The van der Waals surface area contributed by atoms with E-state index < -0.39 is 0 Å². The Morgan fingerprint density at radius 3 is 2.31 bits per heavy atom. The molecule has 0 heterocycles. The lowest BCUT2D eigenvalue weighted by atomic mass is 9.57. The van der Waals surface area contributed by atoms with Crippen molar-refractivity contribution in [3.8, 4) is 6.07 Å². The summed E-state index contributed by atoms with van der Waals surface area (Å²) in [5.41, 5.74) is 1.23. The lowest BCUT2D eigenvalue weighted by Gasteiger charge is -2.44. The van der Waals surface area contributed by atoms with Crippen LogP contribution in [0.3, 0.4) is 0 Å². The first-order chi connectivity index (χ1) is 7.59. The van der Waals surface area contributed by atoms with Gasteiger partial charge in [0.25, 0.3) is 0 Å². The Hall–Kier alpha value is -0.710. The molecule has 16 heavy (non-hydrogen) atoms. The third-order valence-electron chi connectivity index (χ3n) is 4.00. The lowest BCUT2D eigenvalue weighted by molar-refractivity contribution is 0.173. The van der Waals surface area contributed by atoms with Crippen molar-refractivity contribution in [2.75, 3.05) is 0 Å². The van der Waals surface area contributed by atoms with Crippen molar-refractivity contribution in [3.63, 3.8) is 0 Å². The van der Waals surface area contributed by atoms with Gasteiger partial charge < -0.3 is 0 Å². The minimum atomic E-state index is -0.301. The Labute approximate surface area is 105 Å². The SMILES string of the molecule is N#CC1(c2ccc(Cl)c(Cl)c2)CC2(CC2)C1. The molecule has 0 atom stereocenters. The molecule has 2 aliphatic carbocycles. The molecule has 82 valence electrons. The highest BCUT2D eigenvalue weighted by Gasteiger charge is 2.61. The quantitative estimate of drug-likeness (QED) is 0.729. The van der Waals surface area contributed by atoms with Gasteiger partial charge in [-0.3, -0.25) is 0 Å². The molecule has 1 aromatic carbocycles. The topological polar surface area (TPSA) is 23.8 Å². The standard InChI is InChI=1S/C13H11Cl2N/c14-10-2-1-9(5-11(10)15)13(8-16)6-12(7-13)3-4-12/h1-2,5H,3-4,6-7H2. The first-order valence-corrected chi connectivity index (χ1v) is 6.22. The summed E-state index contributed by atoms with van der Waals surface area (Å²) < 4.78 is 0. The van der Waals surface area contributed by atoms with Crippen molar-refractivity contribution >= 4 is 23.2 Å². The molecule has 0 aliphatic heterocycles. The highest BCUT2D eigenvalue weighted by molar-refractivity contribution is 6.42. The summed E-state index contributed by atoms with van der Waals surface area (Å²) in [5.74, 6) is 0. The number of benzene rings is 1. The van der Waals surface area contributed by atoms with Crippen LogP contribution in [0.5, 0.6) is 0 Å². The van der Waals surface area contributed by atoms with Gasteiger partial charge in [-0.25, -0.2) is 0 Å². The van der Waals surface area contributed by atoms with Crippen molar-refractivity contribution in [2.45, 2.75) is 31.1 Å². The maximum atomic E-state index is 9.38. The van der Waals surface area contributed by atoms with E-state index in [1.54, 1.807) is 6.07 Å². The minimum Gasteiger partial charge on any atom is -0.197 e.